The summed E-state index contributed by atoms with van der Waals surface area (Å²) < 4.78 is 0. The predicted molar refractivity (Wildman–Crippen MR) is 75.9 cm³/mol. The highest BCUT2D eigenvalue weighted by molar-refractivity contribution is 6.33. The Morgan fingerprint density at radius 3 is 2.59 bits per heavy atom. The van der Waals surface area contributed by atoms with Gasteiger partial charge < -0.3 is 10.6 Å². The molecule has 1 rings (SSSR count). The van der Waals surface area contributed by atoms with Gasteiger partial charge in [0.15, 0.2) is 0 Å². The maximum Gasteiger partial charge on any atom is 0.0451 e. The predicted octanol–water partition coefficient (Wildman–Crippen LogP) is 3.47. The first-order valence-corrected chi connectivity index (χ1v) is 6.85. The Labute approximate surface area is 114 Å². The lowest BCUT2D eigenvalue weighted by molar-refractivity contribution is 0.592. The highest BCUT2D eigenvalue weighted by Gasteiger charge is 2.00. The zero-order chi connectivity index (χ0) is 12.5. The fourth-order valence-electron chi connectivity index (χ4n) is 1.54. The Kier molecular flexibility index (Phi) is 7.62. The monoisotopic (exact) mass is 274 g/mol. The molecule has 0 aliphatic heterocycles. The van der Waals surface area contributed by atoms with Crippen molar-refractivity contribution in [2.24, 2.45) is 0 Å². The van der Waals surface area contributed by atoms with E-state index >= 15 is 0 Å². The van der Waals surface area contributed by atoms with Crippen LogP contribution in [-0.2, 0) is 6.54 Å². The summed E-state index contributed by atoms with van der Waals surface area (Å²) in [5.74, 6) is 0. The van der Waals surface area contributed by atoms with Crippen molar-refractivity contribution < 1.29 is 0 Å². The quantitative estimate of drug-likeness (QED) is 0.710. The van der Waals surface area contributed by atoms with E-state index in [1.807, 2.05) is 18.2 Å². The summed E-state index contributed by atoms with van der Waals surface area (Å²) in [6, 6.07) is 5.55. The normalized spacial score (nSPS) is 10.8. The maximum atomic E-state index is 6.07. The summed E-state index contributed by atoms with van der Waals surface area (Å²) in [5, 5.41) is 8.23. The molecule has 0 fully saturated rings. The molecule has 2 nitrogen and oxygen atoms in total. The molecule has 0 atom stereocenters. The number of nitrogens with one attached hydrogen (secondary N) is 2. The van der Waals surface area contributed by atoms with Gasteiger partial charge in [-0.2, -0.15) is 0 Å². The van der Waals surface area contributed by atoms with Crippen LogP contribution in [0.25, 0.3) is 0 Å². The molecule has 0 spiro atoms. The number of rotatable bonds is 8. The first-order valence-electron chi connectivity index (χ1n) is 6.09. The minimum Gasteiger partial charge on any atom is -0.317 e. The van der Waals surface area contributed by atoms with Gasteiger partial charge in [0.2, 0.25) is 0 Å². The van der Waals surface area contributed by atoms with Crippen molar-refractivity contribution in [3.05, 3.63) is 33.8 Å². The van der Waals surface area contributed by atoms with Crippen LogP contribution in [0, 0.1) is 0 Å². The van der Waals surface area contributed by atoms with E-state index in [0.717, 1.165) is 48.2 Å². The third-order valence-electron chi connectivity index (χ3n) is 2.46. The molecule has 0 unspecified atom stereocenters. The average Bonchev–Trinajstić information content (AvgIpc) is 2.32. The Bertz CT molecular complexity index is 329. The highest BCUT2D eigenvalue weighted by atomic mass is 35.5. The van der Waals surface area contributed by atoms with Gasteiger partial charge in [-0.05, 0) is 56.2 Å². The van der Waals surface area contributed by atoms with Crippen LogP contribution >= 0.6 is 23.2 Å². The summed E-state index contributed by atoms with van der Waals surface area (Å²) in [5.41, 5.74) is 1.06. The van der Waals surface area contributed by atoms with E-state index in [1.54, 1.807) is 0 Å². The molecule has 17 heavy (non-hydrogen) atoms. The third kappa shape index (κ3) is 6.27. The van der Waals surface area contributed by atoms with E-state index < -0.39 is 0 Å². The molecular weight excluding hydrogens is 255 g/mol. The standard InChI is InChI=1S/C13H20Cl2N2/c1-2-6-16-7-3-8-17-10-11-9-12(14)4-5-13(11)15/h4-5,9,16-17H,2-3,6-8,10H2,1H3. The summed E-state index contributed by atoms with van der Waals surface area (Å²) >= 11 is 12.0. The van der Waals surface area contributed by atoms with Crippen molar-refractivity contribution in [3.63, 3.8) is 0 Å². The van der Waals surface area contributed by atoms with Crippen molar-refractivity contribution in [2.75, 3.05) is 19.6 Å². The molecule has 96 valence electrons. The lowest BCUT2D eigenvalue weighted by atomic mass is 10.2. The molecule has 0 amide bonds. The Balaban J connectivity index is 2.15. The Morgan fingerprint density at radius 1 is 1.06 bits per heavy atom. The molecule has 2 N–H and O–H groups in total. The SMILES string of the molecule is CCCNCCCNCc1cc(Cl)ccc1Cl. The second-order valence-corrected chi connectivity index (χ2v) is 4.86. The van der Waals surface area contributed by atoms with E-state index in [1.165, 1.54) is 6.42 Å². The van der Waals surface area contributed by atoms with Crippen LogP contribution in [0.4, 0.5) is 0 Å². The number of hydrogen-bond donors (Lipinski definition) is 2. The second-order valence-electron chi connectivity index (χ2n) is 4.02. The van der Waals surface area contributed by atoms with E-state index in [0.29, 0.717) is 0 Å². The minimum absolute atomic E-state index is 0.732. The van der Waals surface area contributed by atoms with Gasteiger partial charge in [0, 0.05) is 16.6 Å². The molecule has 1 aromatic carbocycles. The van der Waals surface area contributed by atoms with E-state index in [-0.39, 0.29) is 0 Å². The molecule has 0 aliphatic rings. The third-order valence-corrected chi connectivity index (χ3v) is 3.06. The molecule has 0 aromatic heterocycles. The van der Waals surface area contributed by atoms with E-state index in [9.17, 15) is 0 Å². The van der Waals surface area contributed by atoms with Crippen LogP contribution in [-0.4, -0.2) is 19.6 Å². The first-order chi connectivity index (χ1) is 8.24. The smallest absolute Gasteiger partial charge is 0.0451 e. The Hall–Kier alpha value is -0.280. The summed E-state index contributed by atoms with van der Waals surface area (Å²) in [7, 11) is 0. The summed E-state index contributed by atoms with van der Waals surface area (Å²) in [6.07, 6.45) is 2.31. The Morgan fingerprint density at radius 2 is 1.82 bits per heavy atom. The topological polar surface area (TPSA) is 24.1 Å². The molecule has 1 aromatic rings. The molecule has 0 saturated heterocycles. The zero-order valence-corrected chi connectivity index (χ0v) is 11.7. The van der Waals surface area contributed by atoms with Gasteiger partial charge in [-0.15, -0.1) is 0 Å². The summed E-state index contributed by atoms with van der Waals surface area (Å²) in [6.45, 7) is 6.09. The molecule has 0 bridgehead atoms. The number of benzene rings is 1. The highest BCUT2D eigenvalue weighted by Crippen LogP contribution is 2.20. The first kappa shape index (κ1) is 14.8. The van der Waals surface area contributed by atoms with E-state index in [2.05, 4.69) is 17.6 Å². The second kappa shape index (κ2) is 8.76. The van der Waals surface area contributed by atoms with E-state index in [4.69, 9.17) is 23.2 Å². The molecule has 4 heteroatoms. The fraction of sp³-hybridized carbons (Fsp3) is 0.538. The number of hydrogen-bond acceptors (Lipinski definition) is 2. The van der Waals surface area contributed by atoms with Gasteiger partial charge in [-0.1, -0.05) is 30.1 Å². The van der Waals surface area contributed by atoms with Gasteiger partial charge in [0.05, 0.1) is 0 Å². The van der Waals surface area contributed by atoms with Crippen LogP contribution in [0.5, 0.6) is 0 Å². The molecule has 0 saturated carbocycles. The van der Waals surface area contributed by atoms with Crippen molar-refractivity contribution in [2.45, 2.75) is 26.3 Å². The van der Waals surface area contributed by atoms with Crippen molar-refractivity contribution >= 4 is 23.2 Å². The van der Waals surface area contributed by atoms with Crippen LogP contribution < -0.4 is 10.6 Å². The lowest BCUT2D eigenvalue weighted by Crippen LogP contribution is -2.22. The van der Waals surface area contributed by atoms with Crippen LogP contribution in [0.2, 0.25) is 10.0 Å². The number of halogens is 2. The molecule has 0 aliphatic carbocycles. The maximum absolute atomic E-state index is 6.07. The fourth-order valence-corrected chi connectivity index (χ4v) is 1.92. The lowest BCUT2D eigenvalue weighted by Gasteiger charge is -2.07. The van der Waals surface area contributed by atoms with Crippen molar-refractivity contribution in [3.8, 4) is 0 Å². The van der Waals surface area contributed by atoms with Gasteiger partial charge >= 0.3 is 0 Å². The van der Waals surface area contributed by atoms with Gasteiger partial charge in [0.1, 0.15) is 0 Å². The molecule has 0 heterocycles. The van der Waals surface area contributed by atoms with Crippen molar-refractivity contribution in [1.82, 2.24) is 10.6 Å². The van der Waals surface area contributed by atoms with Crippen LogP contribution in [0.1, 0.15) is 25.3 Å². The summed E-state index contributed by atoms with van der Waals surface area (Å²) in [4.78, 5) is 0. The average molecular weight is 275 g/mol. The zero-order valence-electron chi connectivity index (χ0n) is 10.2. The van der Waals surface area contributed by atoms with Crippen LogP contribution in [0.15, 0.2) is 18.2 Å². The van der Waals surface area contributed by atoms with Crippen LogP contribution in [0.3, 0.4) is 0 Å². The molecule has 0 radical (unpaired) electrons. The molecular formula is C13H20Cl2N2. The minimum atomic E-state index is 0.732. The van der Waals surface area contributed by atoms with Crippen molar-refractivity contribution in [1.29, 1.82) is 0 Å². The largest absolute Gasteiger partial charge is 0.317 e. The van der Waals surface area contributed by atoms with Gasteiger partial charge in [-0.3, -0.25) is 0 Å². The van der Waals surface area contributed by atoms with Gasteiger partial charge in [-0.25, -0.2) is 0 Å². The van der Waals surface area contributed by atoms with Gasteiger partial charge in [0.25, 0.3) is 0 Å².